The first-order valence-corrected chi connectivity index (χ1v) is 11.8. The molecule has 3 saturated heterocycles. The van der Waals surface area contributed by atoms with Gasteiger partial charge in [0.25, 0.3) is 5.91 Å². The fourth-order valence-corrected chi connectivity index (χ4v) is 5.49. The smallest absolute Gasteiger partial charge is 0.325 e. The number of likely N-dealkylation sites (tertiary alicyclic amines) is 1. The van der Waals surface area contributed by atoms with E-state index in [2.05, 4.69) is 10.5 Å². The lowest BCUT2D eigenvalue weighted by atomic mass is 9.74. The van der Waals surface area contributed by atoms with Crippen LogP contribution in [0.4, 0.5) is 4.79 Å². The van der Waals surface area contributed by atoms with Crippen LogP contribution in [0.15, 0.2) is 4.52 Å². The number of amides is 4. The summed E-state index contributed by atoms with van der Waals surface area (Å²) in [6.07, 6.45) is 4.84. The van der Waals surface area contributed by atoms with Gasteiger partial charge >= 0.3 is 6.03 Å². The van der Waals surface area contributed by atoms with Gasteiger partial charge in [-0.2, -0.15) is 0 Å². The highest BCUT2D eigenvalue weighted by molar-refractivity contribution is 6.07. The number of carbonyl (C=O) groups excluding carboxylic acids is 3. The summed E-state index contributed by atoms with van der Waals surface area (Å²) in [6.45, 7) is 7.86. The molecule has 0 aliphatic carbocycles. The minimum absolute atomic E-state index is 0.0107. The van der Waals surface area contributed by atoms with Crippen molar-refractivity contribution in [3.63, 3.8) is 0 Å². The summed E-state index contributed by atoms with van der Waals surface area (Å²) in [7, 11) is 0. The Bertz CT molecular complexity index is 850. The van der Waals surface area contributed by atoms with Crippen molar-refractivity contribution in [2.75, 3.05) is 26.2 Å². The zero-order chi connectivity index (χ0) is 22.9. The predicted molar refractivity (Wildman–Crippen MR) is 116 cm³/mol. The van der Waals surface area contributed by atoms with Crippen LogP contribution in [-0.2, 0) is 20.7 Å². The molecule has 3 aliphatic rings. The molecular weight excluding hydrogens is 412 g/mol. The third-order valence-corrected chi connectivity index (χ3v) is 7.31. The second-order valence-electron chi connectivity index (χ2n) is 9.34. The van der Waals surface area contributed by atoms with Gasteiger partial charge in [-0.1, -0.05) is 18.5 Å². The number of carbonyl (C=O) groups is 3. The average molecular weight is 447 g/mol. The van der Waals surface area contributed by atoms with Gasteiger partial charge in [-0.05, 0) is 51.9 Å². The monoisotopic (exact) mass is 446 g/mol. The molecule has 1 N–H and O–H groups in total. The second kappa shape index (κ2) is 9.21. The number of nitrogens with zero attached hydrogens (tertiary/aromatic N) is 3. The molecule has 0 radical (unpaired) electrons. The summed E-state index contributed by atoms with van der Waals surface area (Å²) >= 11 is 0. The number of aromatic nitrogens is 1. The van der Waals surface area contributed by atoms with Gasteiger partial charge in [0.1, 0.15) is 11.3 Å². The number of nitrogens with one attached hydrogen (secondary N) is 1. The summed E-state index contributed by atoms with van der Waals surface area (Å²) < 4.78 is 10.8. The zero-order valence-electron chi connectivity index (χ0n) is 19.3. The average Bonchev–Trinajstić information content (AvgIpc) is 3.47. The van der Waals surface area contributed by atoms with Gasteiger partial charge in [-0.3, -0.25) is 14.5 Å². The first kappa shape index (κ1) is 22.8. The number of hydrogen-bond donors (Lipinski definition) is 1. The van der Waals surface area contributed by atoms with Gasteiger partial charge < -0.3 is 19.5 Å². The Morgan fingerprint density at radius 3 is 2.56 bits per heavy atom. The molecule has 0 spiro atoms. The Kier molecular flexibility index (Phi) is 6.55. The molecule has 4 rings (SSSR count). The third kappa shape index (κ3) is 4.14. The molecule has 32 heavy (non-hydrogen) atoms. The first-order chi connectivity index (χ1) is 15.4. The lowest BCUT2D eigenvalue weighted by Crippen LogP contribution is -2.56. The lowest BCUT2D eigenvalue weighted by Gasteiger charge is -2.41. The fraction of sp³-hybridized carbons (Fsp3) is 0.739. The molecular formula is C23H34N4O5. The van der Waals surface area contributed by atoms with Crippen LogP contribution < -0.4 is 5.32 Å². The quantitative estimate of drug-likeness (QED) is 0.645. The highest BCUT2D eigenvalue weighted by Gasteiger charge is 2.55. The van der Waals surface area contributed by atoms with Crippen molar-refractivity contribution >= 4 is 17.8 Å². The van der Waals surface area contributed by atoms with E-state index in [4.69, 9.17) is 9.26 Å². The SMILES string of the molecule is CCC[C@@]1(C2CCN(C(=O)Cc3c(C)noc3C)CC2)NC(=O)N(C[C@H]2CCCO2)C1=O. The Balaban J connectivity index is 1.41. The van der Waals surface area contributed by atoms with Gasteiger partial charge in [0.15, 0.2) is 0 Å². The number of ether oxygens (including phenoxy) is 1. The summed E-state index contributed by atoms with van der Waals surface area (Å²) in [5, 5.41) is 7.00. The number of rotatable bonds is 7. The topological polar surface area (TPSA) is 105 Å². The van der Waals surface area contributed by atoms with E-state index < -0.39 is 5.54 Å². The van der Waals surface area contributed by atoms with E-state index in [1.54, 1.807) is 0 Å². The van der Waals surface area contributed by atoms with Crippen molar-refractivity contribution in [1.29, 1.82) is 0 Å². The van der Waals surface area contributed by atoms with Crippen LogP contribution in [0.25, 0.3) is 0 Å². The van der Waals surface area contributed by atoms with Crippen LogP contribution in [0.5, 0.6) is 0 Å². The molecule has 2 atom stereocenters. The molecule has 1 aromatic rings. The van der Waals surface area contributed by atoms with Gasteiger partial charge in [-0.25, -0.2) is 4.79 Å². The largest absolute Gasteiger partial charge is 0.376 e. The number of imide groups is 1. The molecule has 0 bridgehead atoms. The third-order valence-electron chi connectivity index (χ3n) is 7.31. The van der Waals surface area contributed by atoms with Gasteiger partial charge in [0.05, 0.1) is 24.8 Å². The van der Waals surface area contributed by atoms with Crippen LogP contribution in [0.2, 0.25) is 0 Å². The summed E-state index contributed by atoms with van der Waals surface area (Å²) in [6, 6.07) is -0.309. The van der Waals surface area contributed by atoms with E-state index in [1.165, 1.54) is 4.90 Å². The Morgan fingerprint density at radius 1 is 1.22 bits per heavy atom. The van der Waals surface area contributed by atoms with Crippen LogP contribution in [-0.4, -0.2) is 70.7 Å². The number of urea groups is 1. The number of aryl methyl sites for hydroxylation is 2. The van der Waals surface area contributed by atoms with Crippen molar-refractivity contribution in [2.24, 2.45) is 5.92 Å². The molecule has 4 heterocycles. The number of piperidine rings is 1. The molecule has 176 valence electrons. The highest BCUT2D eigenvalue weighted by atomic mass is 16.5. The van der Waals surface area contributed by atoms with Crippen molar-refractivity contribution in [1.82, 2.24) is 20.3 Å². The fourth-order valence-electron chi connectivity index (χ4n) is 5.49. The summed E-state index contributed by atoms with van der Waals surface area (Å²) in [5.41, 5.74) is 0.724. The van der Waals surface area contributed by atoms with Crippen LogP contribution >= 0.6 is 0 Å². The van der Waals surface area contributed by atoms with Crippen LogP contribution in [0, 0.1) is 19.8 Å². The lowest BCUT2D eigenvalue weighted by molar-refractivity contribution is -0.136. The Morgan fingerprint density at radius 2 is 1.97 bits per heavy atom. The molecule has 3 aliphatic heterocycles. The predicted octanol–water partition coefficient (Wildman–Crippen LogP) is 2.34. The molecule has 1 aromatic heterocycles. The van der Waals surface area contributed by atoms with E-state index >= 15 is 0 Å². The molecule has 9 heteroatoms. The van der Waals surface area contributed by atoms with Crippen LogP contribution in [0.1, 0.15) is 62.5 Å². The normalized spacial score (nSPS) is 26.8. The molecule has 0 saturated carbocycles. The van der Waals surface area contributed by atoms with E-state index in [-0.39, 0.29) is 36.3 Å². The summed E-state index contributed by atoms with van der Waals surface area (Å²) in [4.78, 5) is 42.4. The maximum atomic E-state index is 13.5. The van der Waals surface area contributed by atoms with E-state index in [0.717, 1.165) is 30.5 Å². The maximum Gasteiger partial charge on any atom is 0.325 e. The van der Waals surface area contributed by atoms with Gasteiger partial charge in [0, 0.05) is 25.3 Å². The van der Waals surface area contributed by atoms with E-state index in [9.17, 15) is 14.4 Å². The van der Waals surface area contributed by atoms with Crippen molar-refractivity contribution in [3.05, 3.63) is 17.0 Å². The van der Waals surface area contributed by atoms with E-state index in [0.29, 0.717) is 51.3 Å². The van der Waals surface area contributed by atoms with Crippen molar-refractivity contribution < 1.29 is 23.6 Å². The number of hydrogen-bond acceptors (Lipinski definition) is 6. The molecule has 3 fully saturated rings. The molecule has 4 amide bonds. The van der Waals surface area contributed by atoms with Crippen molar-refractivity contribution in [3.8, 4) is 0 Å². The molecule has 9 nitrogen and oxygen atoms in total. The Hall–Kier alpha value is -2.42. The van der Waals surface area contributed by atoms with Crippen LogP contribution in [0.3, 0.4) is 0 Å². The van der Waals surface area contributed by atoms with E-state index in [1.807, 2.05) is 25.7 Å². The van der Waals surface area contributed by atoms with Gasteiger partial charge in [0.2, 0.25) is 5.91 Å². The standard InChI is InChI=1S/C23H34N4O5/c1-4-9-23(21(29)27(22(30)24-23)14-18-6-5-12-31-18)17-7-10-26(11-8-17)20(28)13-19-15(2)25-32-16(19)3/h17-18H,4-14H2,1-3H3,(H,24,30)/t18-,23+/m1/s1. The second-order valence-corrected chi connectivity index (χ2v) is 9.34. The molecule has 0 aromatic carbocycles. The van der Waals surface area contributed by atoms with Crippen molar-refractivity contribution in [2.45, 2.75) is 77.4 Å². The minimum Gasteiger partial charge on any atom is -0.376 e. The maximum absolute atomic E-state index is 13.5. The first-order valence-electron chi connectivity index (χ1n) is 11.8. The zero-order valence-corrected chi connectivity index (χ0v) is 19.3. The minimum atomic E-state index is -0.874. The Labute approximate surface area is 188 Å². The molecule has 0 unspecified atom stereocenters. The highest BCUT2D eigenvalue weighted by Crippen LogP contribution is 2.37. The summed E-state index contributed by atoms with van der Waals surface area (Å²) in [5.74, 6) is 0.610. The van der Waals surface area contributed by atoms with Gasteiger partial charge in [-0.15, -0.1) is 0 Å².